The summed E-state index contributed by atoms with van der Waals surface area (Å²) in [5.74, 6) is -0.332. The predicted octanol–water partition coefficient (Wildman–Crippen LogP) is -0.274. The van der Waals surface area contributed by atoms with Gasteiger partial charge in [0.15, 0.2) is 5.69 Å². The highest BCUT2D eigenvalue weighted by Gasteiger charge is 2.14. The standard InChI is InChI=1S/C10H18FN5O/c1-15(2)6-4-13-10(17)9-8(12)7-16(14-9)5-3-11/h7H,3-6,12H2,1-2H3,(H,13,17). The van der Waals surface area contributed by atoms with Crippen molar-refractivity contribution >= 4 is 11.6 Å². The van der Waals surface area contributed by atoms with Gasteiger partial charge < -0.3 is 16.0 Å². The lowest BCUT2D eigenvalue weighted by atomic mass is 10.3. The summed E-state index contributed by atoms with van der Waals surface area (Å²) in [5.41, 5.74) is 6.04. The first kappa shape index (κ1) is 13.4. The first-order chi connectivity index (χ1) is 8.04. The Labute approximate surface area is 99.6 Å². The van der Waals surface area contributed by atoms with Crippen molar-refractivity contribution < 1.29 is 9.18 Å². The van der Waals surface area contributed by atoms with Crippen LogP contribution < -0.4 is 11.1 Å². The van der Waals surface area contributed by atoms with Crippen LogP contribution in [0.25, 0.3) is 0 Å². The number of anilines is 1. The van der Waals surface area contributed by atoms with Crippen LogP contribution in [-0.2, 0) is 6.54 Å². The van der Waals surface area contributed by atoms with Gasteiger partial charge in [-0.1, -0.05) is 0 Å². The predicted molar refractivity (Wildman–Crippen MR) is 63.5 cm³/mol. The molecule has 0 atom stereocenters. The quantitative estimate of drug-likeness (QED) is 0.721. The zero-order valence-electron chi connectivity index (χ0n) is 10.1. The number of nitrogens with one attached hydrogen (secondary N) is 1. The molecule has 0 unspecified atom stereocenters. The number of aromatic nitrogens is 2. The number of carbonyl (C=O) groups excluding carboxylic acids is 1. The minimum Gasteiger partial charge on any atom is -0.396 e. The number of halogens is 1. The van der Waals surface area contributed by atoms with E-state index in [1.54, 1.807) is 0 Å². The van der Waals surface area contributed by atoms with Crippen molar-refractivity contribution in [3.8, 4) is 0 Å². The summed E-state index contributed by atoms with van der Waals surface area (Å²) in [6.45, 7) is 0.816. The van der Waals surface area contributed by atoms with E-state index < -0.39 is 6.67 Å². The number of nitrogens with two attached hydrogens (primary N) is 1. The van der Waals surface area contributed by atoms with Crippen molar-refractivity contribution in [1.82, 2.24) is 20.0 Å². The lowest BCUT2D eigenvalue weighted by molar-refractivity contribution is 0.0946. The fourth-order valence-electron chi connectivity index (χ4n) is 1.29. The van der Waals surface area contributed by atoms with Gasteiger partial charge in [-0.05, 0) is 14.1 Å². The normalized spacial score (nSPS) is 10.8. The topological polar surface area (TPSA) is 76.2 Å². The number of hydrogen-bond acceptors (Lipinski definition) is 4. The minimum atomic E-state index is -0.539. The van der Waals surface area contributed by atoms with Gasteiger partial charge >= 0.3 is 0 Å². The van der Waals surface area contributed by atoms with Gasteiger partial charge in [0.05, 0.1) is 12.2 Å². The van der Waals surface area contributed by atoms with Crippen LogP contribution in [0.2, 0.25) is 0 Å². The van der Waals surface area contributed by atoms with Crippen molar-refractivity contribution in [3.63, 3.8) is 0 Å². The molecule has 0 spiro atoms. The van der Waals surface area contributed by atoms with Crippen molar-refractivity contribution in [2.24, 2.45) is 0 Å². The van der Waals surface area contributed by atoms with E-state index in [2.05, 4.69) is 10.4 Å². The van der Waals surface area contributed by atoms with Crippen molar-refractivity contribution in [1.29, 1.82) is 0 Å². The third-order valence-corrected chi connectivity index (χ3v) is 2.16. The van der Waals surface area contributed by atoms with Gasteiger partial charge in [-0.25, -0.2) is 4.39 Å². The van der Waals surface area contributed by atoms with Gasteiger partial charge in [0.2, 0.25) is 0 Å². The Morgan fingerprint density at radius 2 is 2.35 bits per heavy atom. The molecule has 0 bridgehead atoms. The molecule has 0 fully saturated rings. The van der Waals surface area contributed by atoms with E-state index in [1.807, 2.05) is 19.0 Å². The van der Waals surface area contributed by atoms with E-state index in [1.165, 1.54) is 10.9 Å². The van der Waals surface area contributed by atoms with Crippen molar-refractivity contribution in [2.45, 2.75) is 6.54 Å². The van der Waals surface area contributed by atoms with Crippen LogP contribution >= 0.6 is 0 Å². The lowest BCUT2D eigenvalue weighted by Crippen LogP contribution is -2.32. The number of hydrogen-bond donors (Lipinski definition) is 2. The van der Waals surface area contributed by atoms with Gasteiger partial charge in [0.1, 0.15) is 6.67 Å². The zero-order valence-corrected chi connectivity index (χ0v) is 10.1. The van der Waals surface area contributed by atoms with E-state index in [0.29, 0.717) is 6.54 Å². The Morgan fingerprint density at radius 1 is 1.65 bits per heavy atom. The smallest absolute Gasteiger partial charge is 0.273 e. The number of amides is 1. The van der Waals surface area contributed by atoms with Gasteiger partial charge in [-0.3, -0.25) is 9.48 Å². The van der Waals surface area contributed by atoms with E-state index in [4.69, 9.17) is 5.73 Å². The molecule has 1 heterocycles. The Balaban J connectivity index is 2.56. The third-order valence-electron chi connectivity index (χ3n) is 2.16. The second-order valence-corrected chi connectivity index (χ2v) is 3.94. The number of rotatable bonds is 6. The Kier molecular flexibility index (Phi) is 4.89. The number of alkyl halides is 1. The Bertz CT molecular complexity index is 377. The molecule has 1 aromatic heterocycles. The number of carbonyl (C=O) groups is 1. The maximum absolute atomic E-state index is 12.1. The fraction of sp³-hybridized carbons (Fsp3) is 0.600. The van der Waals surface area contributed by atoms with E-state index in [0.717, 1.165) is 6.54 Å². The summed E-state index contributed by atoms with van der Waals surface area (Å²) < 4.78 is 13.4. The van der Waals surface area contributed by atoms with E-state index in [9.17, 15) is 9.18 Å². The molecule has 1 amide bonds. The molecule has 3 N–H and O–H groups in total. The summed E-state index contributed by atoms with van der Waals surface area (Å²) >= 11 is 0. The number of likely N-dealkylation sites (N-methyl/N-ethyl adjacent to an activating group) is 1. The lowest BCUT2D eigenvalue weighted by Gasteiger charge is -2.09. The molecule has 17 heavy (non-hydrogen) atoms. The first-order valence-corrected chi connectivity index (χ1v) is 5.36. The molecule has 0 aliphatic rings. The van der Waals surface area contributed by atoms with Crippen LogP contribution in [0, 0.1) is 0 Å². The number of nitrogens with zero attached hydrogens (tertiary/aromatic N) is 3. The second kappa shape index (κ2) is 6.19. The maximum atomic E-state index is 12.1. The molecular formula is C10H18FN5O. The molecule has 0 saturated heterocycles. The van der Waals surface area contributed by atoms with E-state index >= 15 is 0 Å². The van der Waals surface area contributed by atoms with Gasteiger partial charge in [0.25, 0.3) is 5.91 Å². The highest BCUT2D eigenvalue weighted by Crippen LogP contribution is 2.08. The van der Waals surface area contributed by atoms with Crippen LogP contribution in [0.1, 0.15) is 10.5 Å². The van der Waals surface area contributed by atoms with Crippen LogP contribution in [0.15, 0.2) is 6.20 Å². The molecule has 0 aliphatic heterocycles. The molecule has 1 rings (SSSR count). The molecular weight excluding hydrogens is 225 g/mol. The van der Waals surface area contributed by atoms with Crippen LogP contribution in [-0.4, -0.2) is 54.4 Å². The summed E-state index contributed by atoms with van der Waals surface area (Å²) in [5, 5.41) is 6.62. The van der Waals surface area contributed by atoms with Crippen molar-refractivity contribution in [2.75, 3.05) is 39.6 Å². The molecule has 0 aliphatic carbocycles. The number of aryl methyl sites for hydroxylation is 1. The second-order valence-electron chi connectivity index (χ2n) is 3.94. The van der Waals surface area contributed by atoms with Crippen LogP contribution in [0.4, 0.5) is 10.1 Å². The number of nitrogen functional groups attached to an aromatic ring is 1. The SMILES string of the molecule is CN(C)CCNC(=O)c1nn(CCF)cc1N. The molecule has 0 aromatic carbocycles. The van der Waals surface area contributed by atoms with Crippen LogP contribution in [0.5, 0.6) is 0 Å². The third kappa shape index (κ3) is 4.03. The molecule has 0 radical (unpaired) electrons. The van der Waals surface area contributed by atoms with E-state index in [-0.39, 0.29) is 23.8 Å². The minimum absolute atomic E-state index is 0.106. The largest absolute Gasteiger partial charge is 0.396 e. The fourth-order valence-corrected chi connectivity index (χ4v) is 1.29. The van der Waals surface area contributed by atoms with Crippen LogP contribution in [0.3, 0.4) is 0 Å². The average Bonchev–Trinajstić information content (AvgIpc) is 2.59. The van der Waals surface area contributed by atoms with Gasteiger partial charge in [-0.15, -0.1) is 0 Å². The molecule has 0 saturated carbocycles. The van der Waals surface area contributed by atoms with Crippen molar-refractivity contribution in [3.05, 3.63) is 11.9 Å². The summed E-state index contributed by atoms with van der Waals surface area (Å²) in [7, 11) is 3.83. The van der Waals surface area contributed by atoms with Gasteiger partial charge in [-0.2, -0.15) is 5.10 Å². The molecule has 96 valence electrons. The summed E-state index contributed by atoms with van der Waals surface area (Å²) in [6.07, 6.45) is 1.46. The highest BCUT2D eigenvalue weighted by atomic mass is 19.1. The summed E-state index contributed by atoms with van der Waals surface area (Å²) in [6, 6.07) is 0. The molecule has 1 aromatic rings. The molecule has 7 heteroatoms. The summed E-state index contributed by atoms with van der Waals surface area (Å²) in [4.78, 5) is 13.6. The Morgan fingerprint density at radius 3 is 2.94 bits per heavy atom. The average molecular weight is 243 g/mol. The monoisotopic (exact) mass is 243 g/mol. The molecule has 6 nitrogen and oxygen atoms in total. The highest BCUT2D eigenvalue weighted by molar-refractivity contribution is 5.96. The Hall–Kier alpha value is -1.63. The zero-order chi connectivity index (χ0) is 12.8. The first-order valence-electron chi connectivity index (χ1n) is 5.36. The maximum Gasteiger partial charge on any atom is 0.273 e. The van der Waals surface area contributed by atoms with Gasteiger partial charge in [0, 0.05) is 19.3 Å².